The van der Waals surface area contributed by atoms with E-state index in [2.05, 4.69) is 10.3 Å². The number of rotatable bonds is 6. The van der Waals surface area contributed by atoms with Gasteiger partial charge >= 0.3 is 0 Å². The molecule has 0 aliphatic carbocycles. The predicted octanol–water partition coefficient (Wildman–Crippen LogP) is 3.04. The standard InChI is InChI=1S/C16H15N3O4/c1-2-23-14-7-3-12(4-8-14)5-10-16(20)18-15-9-6-13(11-17-15)19(21)22/h3-11H,2H2,1H3,(H,17,18,20)/b10-5-. The van der Waals surface area contributed by atoms with Crippen molar-refractivity contribution < 1.29 is 14.5 Å². The van der Waals surface area contributed by atoms with Crippen LogP contribution in [0, 0.1) is 10.1 Å². The summed E-state index contributed by atoms with van der Waals surface area (Å²) in [6.45, 7) is 2.50. The fourth-order valence-electron chi connectivity index (χ4n) is 1.75. The van der Waals surface area contributed by atoms with E-state index in [1.54, 1.807) is 6.08 Å². The summed E-state index contributed by atoms with van der Waals surface area (Å²) in [6.07, 6.45) is 4.10. The fourth-order valence-corrected chi connectivity index (χ4v) is 1.75. The highest BCUT2D eigenvalue weighted by Gasteiger charge is 2.06. The van der Waals surface area contributed by atoms with Crippen molar-refractivity contribution in [1.29, 1.82) is 0 Å². The topological polar surface area (TPSA) is 94.4 Å². The van der Waals surface area contributed by atoms with Gasteiger partial charge in [-0.3, -0.25) is 14.9 Å². The van der Waals surface area contributed by atoms with Gasteiger partial charge in [-0.15, -0.1) is 0 Å². The highest BCUT2D eigenvalue weighted by atomic mass is 16.6. The van der Waals surface area contributed by atoms with Crippen LogP contribution in [-0.2, 0) is 4.79 Å². The van der Waals surface area contributed by atoms with E-state index in [1.165, 1.54) is 18.2 Å². The maximum atomic E-state index is 11.8. The summed E-state index contributed by atoms with van der Waals surface area (Å²) in [5, 5.41) is 13.0. The number of ether oxygens (including phenoxy) is 1. The number of pyridine rings is 1. The second-order valence-corrected chi connectivity index (χ2v) is 4.48. The molecule has 0 aliphatic rings. The van der Waals surface area contributed by atoms with Gasteiger partial charge in [-0.2, -0.15) is 0 Å². The number of benzene rings is 1. The lowest BCUT2D eigenvalue weighted by Crippen LogP contribution is -2.09. The molecule has 1 heterocycles. The first-order valence-electron chi connectivity index (χ1n) is 6.91. The van der Waals surface area contributed by atoms with Crippen LogP contribution in [0.15, 0.2) is 48.7 Å². The fraction of sp³-hybridized carbons (Fsp3) is 0.125. The van der Waals surface area contributed by atoms with Gasteiger partial charge in [0.2, 0.25) is 5.91 Å². The smallest absolute Gasteiger partial charge is 0.287 e. The molecule has 0 fully saturated rings. The van der Waals surface area contributed by atoms with Gasteiger partial charge in [0.15, 0.2) is 0 Å². The van der Waals surface area contributed by atoms with Crippen molar-refractivity contribution in [3.63, 3.8) is 0 Å². The average molecular weight is 313 g/mol. The molecular formula is C16H15N3O4. The second kappa shape index (κ2) is 7.69. The number of carbonyl (C=O) groups is 1. The largest absolute Gasteiger partial charge is 0.494 e. The summed E-state index contributed by atoms with van der Waals surface area (Å²) in [6, 6.07) is 9.95. The lowest BCUT2D eigenvalue weighted by atomic mass is 10.2. The first-order valence-corrected chi connectivity index (χ1v) is 6.91. The Morgan fingerprint density at radius 1 is 1.30 bits per heavy atom. The van der Waals surface area contributed by atoms with Gasteiger partial charge < -0.3 is 10.1 Å². The number of amides is 1. The Morgan fingerprint density at radius 2 is 2.04 bits per heavy atom. The Hall–Kier alpha value is -3.22. The van der Waals surface area contributed by atoms with Gasteiger partial charge in [0.05, 0.1) is 11.5 Å². The number of nitro groups is 1. The van der Waals surface area contributed by atoms with Crippen molar-refractivity contribution in [3.05, 3.63) is 64.3 Å². The van der Waals surface area contributed by atoms with E-state index in [-0.39, 0.29) is 17.4 Å². The SMILES string of the molecule is CCOc1ccc(/C=C\C(=O)Nc2ccc([N+](=O)[O-])cn2)cc1. The summed E-state index contributed by atoms with van der Waals surface area (Å²) in [7, 11) is 0. The molecular weight excluding hydrogens is 298 g/mol. The molecule has 1 aromatic carbocycles. The number of anilines is 1. The Labute approximate surface area is 132 Å². The molecule has 1 aromatic heterocycles. The van der Waals surface area contributed by atoms with Crippen LogP contribution < -0.4 is 10.1 Å². The number of hydrogen-bond acceptors (Lipinski definition) is 5. The van der Waals surface area contributed by atoms with Crippen molar-refractivity contribution in [2.75, 3.05) is 11.9 Å². The molecule has 0 bridgehead atoms. The summed E-state index contributed by atoms with van der Waals surface area (Å²) in [5.41, 5.74) is 0.716. The molecule has 7 heteroatoms. The zero-order chi connectivity index (χ0) is 16.7. The van der Waals surface area contributed by atoms with Gasteiger partial charge in [-0.25, -0.2) is 4.98 Å². The van der Waals surface area contributed by atoms with Crippen molar-refractivity contribution in [1.82, 2.24) is 4.98 Å². The molecule has 1 N–H and O–H groups in total. The van der Waals surface area contributed by atoms with Gasteiger partial charge in [0, 0.05) is 12.1 Å². The molecule has 0 unspecified atom stereocenters. The van der Waals surface area contributed by atoms with Crippen LogP contribution in [0.4, 0.5) is 11.5 Å². The summed E-state index contributed by atoms with van der Waals surface area (Å²) < 4.78 is 5.33. The molecule has 118 valence electrons. The molecule has 0 radical (unpaired) electrons. The minimum atomic E-state index is -0.551. The number of nitrogens with zero attached hydrogens (tertiary/aromatic N) is 2. The maximum Gasteiger partial charge on any atom is 0.287 e. The van der Waals surface area contributed by atoms with E-state index in [0.717, 1.165) is 17.5 Å². The number of carbonyl (C=O) groups excluding carboxylic acids is 1. The zero-order valence-corrected chi connectivity index (χ0v) is 12.4. The van der Waals surface area contributed by atoms with Crippen LogP contribution in [0.5, 0.6) is 5.75 Å². The van der Waals surface area contributed by atoms with Crippen LogP contribution in [-0.4, -0.2) is 22.4 Å². The molecule has 2 rings (SSSR count). The van der Waals surface area contributed by atoms with Crippen LogP contribution in [0.1, 0.15) is 12.5 Å². The van der Waals surface area contributed by atoms with Gasteiger partial charge in [0.25, 0.3) is 5.69 Å². The van der Waals surface area contributed by atoms with E-state index in [4.69, 9.17) is 4.74 Å². The Kier molecular flexibility index (Phi) is 5.40. The van der Waals surface area contributed by atoms with E-state index in [9.17, 15) is 14.9 Å². The van der Waals surface area contributed by atoms with Gasteiger partial charge in [-0.05, 0) is 36.8 Å². The Balaban J connectivity index is 1.94. The minimum Gasteiger partial charge on any atom is -0.494 e. The molecule has 23 heavy (non-hydrogen) atoms. The van der Waals surface area contributed by atoms with Gasteiger partial charge in [0.1, 0.15) is 17.8 Å². The molecule has 0 spiro atoms. The number of aromatic nitrogens is 1. The maximum absolute atomic E-state index is 11.8. The zero-order valence-electron chi connectivity index (χ0n) is 12.4. The summed E-state index contributed by atoms with van der Waals surface area (Å²) in [5.74, 6) is 0.640. The lowest BCUT2D eigenvalue weighted by molar-refractivity contribution is -0.385. The van der Waals surface area contributed by atoms with Crippen molar-refractivity contribution >= 4 is 23.5 Å². The van der Waals surface area contributed by atoms with E-state index in [0.29, 0.717) is 6.61 Å². The van der Waals surface area contributed by atoms with Crippen molar-refractivity contribution in [2.24, 2.45) is 0 Å². The molecule has 1 amide bonds. The second-order valence-electron chi connectivity index (χ2n) is 4.48. The molecule has 7 nitrogen and oxygen atoms in total. The van der Waals surface area contributed by atoms with E-state index < -0.39 is 4.92 Å². The van der Waals surface area contributed by atoms with Crippen LogP contribution in [0.3, 0.4) is 0 Å². The highest BCUT2D eigenvalue weighted by molar-refractivity contribution is 6.01. The third-order valence-electron chi connectivity index (χ3n) is 2.83. The molecule has 0 saturated heterocycles. The molecule has 0 saturated carbocycles. The first kappa shape index (κ1) is 16.2. The number of hydrogen-bond donors (Lipinski definition) is 1. The van der Waals surface area contributed by atoms with E-state index in [1.807, 2.05) is 31.2 Å². The molecule has 0 atom stereocenters. The third kappa shape index (κ3) is 4.92. The average Bonchev–Trinajstić information content (AvgIpc) is 2.55. The molecule has 0 aliphatic heterocycles. The minimum absolute atomic E-state index is 0.132. The van der Waals surface area contributed by atoms with Crippen molar-refractivity contribution in [3.8, 4) is 5.75 Å². The van der Waals surface area contributed by atoms with Crippen LogP contribution >= 0.6 is 0 Å². The van der Waals surface area contributed by atoms with Gasteiger partial charge in [-0.1, -0.05) is 12.1 Å². The predicted molar refractivity (Wildman–Crippen MR) is 86.2 cm³/mol. The lowest BCUT2D eigenvalue weighted by Gasteiger charge is -2.02. The van der Waals surface area contributed by atoms with E-state index >= 15 is 0 Å². The third-order valence-corrected chi connectivity index (χ3v) is 2.83. The quantitative estimate of drug-likeness (QED) is 0.502. The normalized spacial score (nSPS) is 10.5. The highest BCUT2D eigenvalue weighted by Crippen LogP contribution is 2.14. The Morgan fingerprint density at radius 3 is 2.61 bits per heavy atom. The summed E-state index contributed by atoms with van der Waals surface area (Å²) in [4.78, 5) is 25.5. The summed E-state index contributed by atoms with van der Waals surface area (Å²) >= 11 is 0. The van der Waals surface area contributed by atoms with Crippen LogP contribution in [0.25, 0.3) is 6.08 Å². The molecule has 2 aromatic rings. The number of nitrogens with one attached hydrogen (secondary N) is 1. The monoisotopic (exact) mass is 313 g/mol. The van der Waals surface area contributed by atoms with Crippen LogP contribution in [0.2, 0.25) is 0 Å². The Bertz CT molecular complexity index is 709. The van der Waals surface area contributed by atoms with Crippen molar-refractivity contribution in [2.45, 2.75) is 6.92 Å². The first-order chi connectivity index (χ1) is 11.1.